The first-order valence-corrected chi connectivity index (χ1v) is 2.85. The molecular formula is C5H6N2O4. The molecule has 1 heterocycles. The van der Waals surface area contributed by atoms with Crippen LogP contribution in [0.3, 0.4) is 0 Å². The van der Waals surface area contributed by atoms with Crippen LogP contribution in [0.2, 0.25) is 0 Å². The van der Waals surface area contributed by atoms with E-state index in [2.05, 4.69) is 4.74 Å². The highest BCUT2D eigenvalue weighted by Crippen LogP contribution is 2.18. The van der Waals surface area contributed by atoms with E-state index in [9.17, 15) is 14.9 Å². The van der Waals surface area contributed by atoms with Gasteiger partial charge in [-0.2, -0.15) is 0 Å². The first-order valence-electron chi connectivity index (χ1n) is 2.85. The Morgan fingerprint density at radius 3 is 2.64 bits per heavy atom. The molecule has 60 valence electrons. The molecule has 0 saturated carbocycles. The average molecular weight is 158 g/mol. The van der Waals surface area contributed by atoms with E-state index in [1.807, 2.05) is 0 Å². The molecule has 0 spiro atoms. The lowest BCUT2D eigenvalue weighted by atomic mass is 10.2. The van der Waals surface area contributed by atoms with Crippen molar-refractivity contribution in [3.8, 4) is 0 Å². The van der Waals surface area contributed by atoms with Crippen LogP contribution in [0.5, 0.6) is 0 Å². The molecule has 1 amide bonds. The van der Waals surface area contributed by atoms with Crippen LogP contribution in [-0.2, 0) is 9.53 Å². The fourth-order valence-corrected chi connectivity index (χ4v) is 0.788. The van der Waals surface area contributed by atoms with E-state index >= 15 is 0 Å². The number of carbonyl (C=O) groups excluding carboxylic acids is 1. The van der Waals surface area contributed by atoms with Crippen molar-refractivity contribution in [2.24, 2.45) is 5.73 Å². The Morgan fingerprint density at radius 2 is 2.45 bits per heavy atom. The summed E-state index contributed by atoms with van der Waals surface area (Å²) in [7, 11) is 0. The molecule has 0 saturated heterocycles. The summed E-state index contributed by atoms with van der Waals surface area (Å²) < 4.78 is 4.58. The fraction of sp³-hybridized carbons (Fsp3) is 0.400. The third-order valence-corrected chi connectivity index (χ3v) is 1.37. The molecule has 1 rings (SSSR count). The van der Waals surface area contributed by atoms with Crippen molar-refractivity contribution in [2.75, 3.05) is 6.61 Å². The van der Waals surface area contributed by atoms with Crippen molar-refractivity contribution in [1.82, 2.24) is 0 Å². The van der Waals surface area contributed by atoms with Gasteiger partial charge in [-0.1, -0.05) is 6.08 Å². The van der Waals surface area contributed by atoms with E-state index < -0.39 is 16.6 Å². The van der Waals surface area contributed by atoms with Gasteiger partial charge in [0, 0.05) is 6.08 Å². The summed E-state index contributed by atoms with van der Waals surface area (Å²) >= 11 is 0. The zero-order chi connectivity index (χ0) is 8.48. The summed E-state index contributed by atoms with van der Waals surface area (Å²) in [5.41, 5.74) is 2.65. The number of rotatable bonds is 2. The Hall–Kier alpha value is -1.43. The van der Waals surface area contributed by atoms with Gasteiger partial charge in [0.15, 0.2) is 0 Å². The molecule has 0 radical (unpaired) electrons. The molecule has 1 unspecified atom stereocenters. The lowest BCUT2D eigenvalue weighted by Crippen LogP contribution is -2.49. The number of carbonyl (C=O) groups is 1. The van der Waals surface area contributed by atoms with Gasteiger partial charge >= 0.3 is 11.6 Å². The first-order chi connectivity index (χ1) is 5.09. The molecule has 1 atom stereocenters. The summed E-state index contributed by atoms with van der Waals surface area (Å²) in [6, 6.07) is 0. The smallest absolute Gasteiger partial charge is 0.361 e. The molecule has 0 aromatic carbocycles. The predicted molar refractivity (Wildman–Crippen MR) is 34.0 cm³/mol. The number of amides is 1. The van der Waals surface area contributed by atoms with E-state index in [0.717, 1.165) is 6.08 Å². The largest absolute Gasteiger partial charge is 0.423 e. The van der Waals surface area contributed by atoms with Crippen LogP contribution < -0.4 is 5.73 Å². The maximum Gasteiger partial charge on any atom is 0.423 e. The second kappa shape index (κ2) is 2.31. The van der Waals surface area contributed by atoms with E-state index in [1.165, 1.54) is 6.08 Å². The summed E-state index contributed by atoms with van der Waals surface area (Å²) in [5.74, 6) is -1.10. The second-order valence-electron chi connectivity index (χ2n) is 2.03. The minimum atomic E-state index is -2.12. The summed E-state index contributed by atoms with van der Waals surface area (Å²) in [6.45, 7) is 0.0456. The van der Waals surface area contributed by atoms with Gasteiger partial charge in [0.05, 0.1) is 11.5 Å². The van der Waals surface area contributed by atoms with Crippen LogP contribution in [0.15, 0.2) is 12.2 Å². The van der Waals surface area contributed by atoms with Crippen molar-refractivity contribution in [3.05, 3.63) is 22.3 Å². The maximum atomic E-state index is 10.6. The Bertz CT molecular complexity index is 221. The number of primary amides is 1. The molecule has 0 fully saturated rings. The normalized spacial score (nSPS) is 28.7. The highest BCUT2D eigenvalue weighted by atomic mass is 16.7. The third kappa shape index (κ3) is 0.966. The minimum absolute atomic E-state index is 0.0456. The van der Waals surface area contributed by atoms with E-state index in [4.69, 9.17) is 5.73 Å². The molecule has 1 aliphatic heterocycles. The summed E-state index contributed by atoms with van der Waals surface area (Å²) in [5, 5.41) is 10.3. The Labute approximate surface area is 61.8 Å². The highest BCUT2D eigenvalue weighted by Gasteiger charge is 2.50. The van der Waals surface area contributed by atoms with Gasteiger partial charge in [0.25, 0.3) is 0 Å². The van der Waals surface area contributed by atoms with Crippen molar-refractivity contribution < 1.29 is 14.5 Å². The van der Waals surface area contributed by atoms with Gasteiger partial charge in [-0.05, 0) is 0 Å². The number of nitrogens with zero attached hydrogens (tertiary/aromatic N) is 1. The van der Waals surface area contributed by atoms with Crippen LogP contribution in [0.4, 0.5) is 0 Å². The van der Waals surface area contributed by atoms with Gasteiger partial charge in [-0.15, -0.1) is 0 Å². The standard InChI is InChI=1S/C5H6N2O4/c6-4(8)5(7(9)10)2-1-3-11-5/h1-2H,3H2,(H2,6,8). The average Bonchev–Trinajstić information content (AvgIpc) is 2.34. The van der Waals surface area contributed by atoms with Gasteiger partial charge in [0.1, 0.15) is 0 Å². The van der Waals surface area contributed by atoms with Crippen LogP contribution in [0.25, 0.3) is 0 Å². The van der Waals surface area contributed by atoms with Gasteiger partial charge in [-0.25, -0.2) is 0 Å². The minimum Gasteiger partial charge on any atom is -0.361 e. The van der Waals surface area contributed by atoms with Gasteiger partial charge < -0.3 is 5.73 Å². The van der Waals surface area contributed by atoms with Crippen LogP contribution in [0, 0.1) is 10.1 Å². The Balaban J connectivity index is 2.98. The number of nitrogens with two attached hydrogens (primary N) is 1. The molecule has 1 aliphatic rings. The lowest BCUT2D eigenvalue weighted by molar-refractivity contribution is -0.589. The second-order valence-corrected chi connectivity index (χ2v) is 2.03. The SMILES string of the molecule is NC(=O)C1([N+](=O)[O-])C=CCO1. The number of nitro groups is 1. The molecule has 0 aliphatic carbocycles. The molecule has 11 heavy (non-hydrogen) atoms. The fourth-order valence-electron chi connectivity index (χ4n) is 0.788. The quantitative estimate of drug-likeness (QED) is 0.317. The van der Waals surface area contributed by atoms with Gasteiger partial charge in [0.2, 0.25) is 0 Å². The summed E-state index contributed by atoms with van der Waals surface area (Å²) in [4.78, 5) is 20.0. The van der Waals surface area contributed by atoms with Crippen LogP contribution in [-0.4, -0.2) is 23.2 Å². The molecular weight excluding hydrogens is 152 g/mol. The van der Waals surface area contributed by atoms with Crippen molar-refractivity contribution in [1.29, 1.82) is 0 Å². The first kappa shape index (κ1) is 7.67. The third-order valence-electron chi connectivity index (χ3n) is 1.37. The lowest BCUT2D eigenvalue weighted by Gasteiger charge is -2.12. The highest BCUT2D eigenvalue weighted by molar-refractivity contribution is 5.84. The number of ether oxygens (including phenoxy) is 1. The molecule has 6 nitrogen and oxygen atoms in total. The Morgan fingerprint density at radius 1 is 1.82 bits per heavy atom. The zero-order valence-corrected chi connectivity index (χ0v) is 5.52. The monoisotopic (exact) mass is 158 g/mol. The number of hydrogen-bond acceptors (Lipinski definition) is 4. The molecule has 6 heteroatoms. The summed E-state index contributed by atoms with van der Waals surface area (Å²) in [6.07, 6.45) is 2.43. The molecule has 0 bridgehead atoms. The maximum absolute atomic E-state index is 10.6. The zero-order valence-electron chi connectivity index (χ0n) is 5.52. The topological polar surface area (TPSA) is 95.5 Å². The van der Waals surface area contributed by atoms with E-state index in [0.29, 0.717) is 0 Å². The van der Waals surface area contributed by atoms with Gasteiger partial charge in [-0.3, -0.25) is 19.6 Å². The predicted octanol–water partition coefficient (Wildman–Crippen LogP) is -0.969. The molecule has 0 aromatic heterocycles. The van der Waals surface area contributed by atoms with Crippen LogP contribution in [0.1, 0.15) is 0 Å². The van der Waals surface area contributed by atoms with E-state index in [-0.39, 0.29) is 6.61 Å². The van der Waals surface area contributed by atoms with Crippen LogP contribution >= 0.6 is 0 Å². The van der Waals surface area contributed by atoms with Crippen molar-refractivity contribution >= 4 is 5.91 Å². The van der Waals surface area contributed by atoms with Crippen molar-refractivity contribution in [2.45, 2.75) is 5.72 Å². The van der Waals surface area contributed by atoms with Crippen molar-refractivity contribution in [3.63, 3.8) is 0 Å². The number of hydrogen-bond donors (Lipinski definition) is 1. The molecule has 0 aromatic rings. The Kier molecular flexibility index (Phi) is 1.61. The molecule has 2 N–H and O–H groups in total. The van der Waals surface area contributed by atoms with E-state index in [1.54, 1.807) is 0 Å².